The summed E-state index contributed by atoms with van der Waals surface area (Å²) < 4.78 is 43.4. The van der Waals surface area contributed by atoms with Crippen LogP contribution in [0.1, 0.15) is 31.7 Å². The second-order valence-corrected chi connectivity index (χ2v) is 6.75. The van der Waals surface area contributed by atoms with Gasteiger partial charge in [-0.2, -0.15) is 8.78 Å². The highest BCUT2D eigenvalue weighted by Gasteiger charge is 2.08. The summed E-state index contributed by atoms with van der Waals surface area (Å²) in [6.07, 6.45) is 4.27. The Bertz CT molecular complexity index is 887. The van der Waals surface area contributed by atoms with Crippen molar-refractivity contribution in [3.8, 4) is 28.0 Å². The quantitative estimate of drug-likeness (QED) is 0.366. The Morgan fingerprint density at radius 2 is 1.39 bits per heavy atom. The molecule has 0 N–H and O–H groups in total. The zero-order valence-electron chi connectivity index (χ0n) is 15.8. The number of hydrogen-bond acceptors (Lipinski definition) is 1. The maximum Gasteiger partial charge on any atom is 0.387 e. The average Bonchev–Trinajstić information content (AvgIpc) is 2.69. The van der Waals surface area contributed by atoms with Gasteiger partial charge in [0.25, 0.3) is 0 Å². The van der Waals surface area contributed by atoms with Gasteiger partial charge < -0.3 is 4.74 Å². The van der Waals surface area contributed by atoms with E-state index in [1.807, 2.05) is 36.4 Å². The summed E-state index contributed by atoms with van der Waals surface area (Å²) in [5.41, 5.74) is 4.20. The third-order valence-electron chi connectivity index (χ3n) is 4.71. The standard InChI is InChI=1S/C24H23F3O/c1-2-3-4-5-17-6-15-22(23(25)16-17)20-9-7-18(8-10-20)19-11-13-21(14-12-19)28-24(26)27/h6-16,24H,2-5H2,1H3. The van der Waals surface area contributed by atoms with Crippen LogP contribution < -0.4 is 4.74 Å². The monoisotopic (exact) mass is 384 g/mol. The molecule has 0 atom stereocenters. The van der Waals surface area contributed by atoms with E-state index in [-0.39, 0.29) is 11.6 Å². The summed E-state index contributed by atoms with van der Waals surface area (Å²) in [7, 11) is 0. The molecule has 0 aliphatic carbocycles. The number of aryl methyl sites for hydroxylation is 1. The second kappa shape index (κ2) is 9.45. The molecule has 3 rings (SSSR count). The Kier molecular flexibility index (Phi) is 6.75. The summed E-state index contributed by atoms with van der Waals surface area (Å²) in [6, 6.07) is 19.4. The summed E-state index contributed by atoms with van der Waals surface area (Å²) >= 11 is 0. The first-order valence-corrected chi connectivity index (χ1v) is 9.51. The van der Waals surface area contributed by atoms with Crippen molar-refractivity contribution in [1.82, 2.24) is 0 Å². The highest BCUT2D eigenvalue weighted by molar-refractivity contribution is 5.71. The van der Waals surface area contributed by atoms with Gasteiger partial charge in [0.15, 0.2) is 0 Å². The lowest BCUT2D eigenvalue weighted by atomic mass is 9.98. The van der Waals surface area contributed by atoms with Crippen molar-refractivity contribution in [2.45, 2.75) is 39.2 Å². The molecule has 3 aromatic carbocycles. The molecule has 0 fully saturated rings. The highest BCUT2D eigenvalue weighted by atomic mass is 19.3. The smallest absolute Gasteiger partial charge is 0.387 e. The Labute approximate surface area is 163 Å². The normalized spacial score (nSPS) is 11.0. The molecule has 0 saturated heterocycles. The predicted molar refractivity (Wildman–Crippen MR) is 107 cm³/mol. The predicted octanol–water partition coefficient (Wildman–Crippen LogP) is 7.49. The van der Waals surface area contributed by atoms with Crippen LogP contribution in [0.25, 0.3) is 22.3 Å². The molecule has 0 spiro atoms. The topological polar surface area (TPSA) is 9.23 Å². The average molecular weight is 384 g/mol. The molecule has 0 radical (unpaired) electrons. The van der Waals surface area contributed by atoms with Gasteiger partial charge in [-0.05, 0) is 53.3 Å². The van der Waals surface area contributed by atoms with Crippen LogP contribution in [-0.4, -0.2) is 6.61 Å². The molecule has 0 unspecified atom stereocenters. The van der Waals surface area contributed by atoms with Crippen molar-refractivity contribution in [1.29, 1.82) is 0 Å². The van der Waals surface area contributed by atoms with Crippen molar-refractivity contribution in [3.63, 3.8) is 0 Å². The third kappa shape index (κ3) is 5.16. The van der Waals surface area contributed by atoms with E-state index in [1.165, 1.54) is 12.1 Å². The highest BCUT2D eigenvalue weighted by Crippen LogP contribution is 2.28. The number of rotatable bonds is 8. The zero-order valence-corrected chi connectivity index (χ0v) is 15.8. The zero-order chi connectivity index (χ0) is 19.9. The summed E-state index contributed by atoms with van der Waals surface area (Å²) in [5, 5.41) is 0. The van der Waals surface area contributed by atoms with Crippen LogP contribution in [-0.2, 0) is 6.42 Å². The largest absolute Gasteiger partial charge is 0.435 e. The Hall–Kier alpha value is -2.75. The maximum absolute atomic E-state index is 14.5. The van der Waals surface area contributed by atoms with Crippen LogP contribution in [0, 0.1) is 5.82 Å². The molecule has 0 amide bonds. The SMILES string of the molecule is CCCCCc1ccc(-c2ccc(-c3ccc(OC(F)F)cc3)cc2)c(F)c1. The van der Waals surface area contributed by atoms with Crippen molar-refractivity contribution >= 4 is 0 Å². The van der Waals surface area contributed by atoms with Crippen molar-refractivity contribution < 1.29 is 17.9 Å². The minimum absolute atomic E-state index is 0.122. The molecule has 1 nitrogen and oxygen atoms in total. The molecule has 0 saturated carbocycles. The van der Waals surface area contributed by atoms with Gasteiger partial charge in [0.05, 0.1) is 0 Å². The van der Waals surface area contributed by atoms with E-state index in [4.69, 9.17) is 0 Å². The molecule has 0 bridgehead atoms. The van der Waals surface area contributed by atoms with Crippen LogP contribution in [0.5, 0.6) is 5.75 Å². The van der Waals surface area contributed by atoms with Gasteiger partial charge in [0, 0.05) is 5.56 Å². The number of alkyl halides is 2. The number of unbranched alkanes of at least 4 members (excludes halogenated alkanes) is 2. The van der Waals surface area contributed by atoms with Gasteiger partial charge >= 0.3 is 6.61 Å². The Morgan fingerprint density at radius 1 is 0.786 bits per heavy atom. The minimum atomic E-state index is -2.84. The van der Waals surface area contributed by atoms with E-state index in [0.29, 0.717) is 5.56 Å². The van der Waals surface area contributed by atoms with Crippen molar-refractivity contribution in [3.05, 3.63) is 78.1 Å². The fourth-order valence-electron chi connectivity index (χ4n) is 3.20. The van der Waals surface area contributed by atoms with E-state index in [1.54, 1.807) is 18.2 Å². The molecule has 0 heterocycles. The second-order valence-electron chi connectivity index (χ2n) is 6.75. The van der Waals surface area contributed by atoms with Crippen LogP contribution in [0.15, 0.2) is 66.7 Å². The molecule has 0 aromatic heterocycles. The fourth-order valence-corrected chi connectivity index (χ4v) is 3.20. The van der Waals surface area contributed by atoms with Crippen LogP contribution in [0.4, 0.5) is 13.2 Å². The van der Waals surface area contributed by atoms with E-state index in [2.05, 4.69) is 11.7 Å². The molecular weight excluding hydrogens is 361 g/mol. The van der Waals surface area contributed by atoms with Gasteiger partial charge in [0.2, 0.25) is 0 Å². The lowest BCUT2D eigenvalue weighted by molar-refractivity contribution is -0.0498. The van der Waals surface area contributed by atoms with E-state index < -0.39 is 6.61 Å². The van der Waals surface area contributed by atoms with Gasteiger partial charge in [-0.1, -0.05) is 68.3 Å². The van der Waals surface area contributed by atoms with Crippen LogP contribution in [0.3, 0.4) is 0 Å². The Balaban J connectivity index is 1.73. The van der Waals surface area contributed by atoms with Gasteiger partial charge in [0.1, 0.15) is 11.6 Å². The van der Waals surface area contributed by atoms with Gasteiger partial charge in [-0.3, -0.25) is 0 Å². The lowest BCUT2D eigenvalue weighted by Gasteiger charge is -2.09. The molecule has 4 heteroatoms. The number of benzene rings is 3. The molecule has 0 aliphatic rings. The van der Waals surface area contributed by atoms with Crippen molar-refractivity contribution in [2.75, 3.05) is 0 Å². The van der Waals surface area contributed by atoms with Crippen LogP contribution >= 0.6 is 0 Å². The van der Waals surface area contributed by atoms with Crippen molar-refractivity contribution in [2.24, 2.45) is 0 Å². The first-order valence-electron chi connectivity index (χ1n) is 9.51. The first-order chi connectivity index (χ1) is 13.6. The maximum atomic E-state index is 14.5. The van der Waals surface area contributed by atoms with E-state index in [0.717, 1.165) is 47.9 Å². The summed E-state index contributed by atoms with van der Waals surface area (Å²) in [5.74, 6) is -0.0910. The summed E-state index contributed by atoms with van der Waals surface area (Å²) in [4.78, 5) is 0. The molecular formula is C24H23F3O. The first kappa shape index (κ1) is 20.0. The third-order valence-corrected chi connectivity index (χ3v) is 4.71. The molecule has 0 aliphatic heterocycles. The molecule has 3 aromatic rings. The summed E-state index contributed by atoms with van der Waals surface area (Å²) in [6.45, 7) is -0.683. The molecule has 28 heavy (non-hydrogen) atoms. The number of ether oxygens (including phenoxy) is 1. The minimum Gasteiger partial charge on any atom is -0.435 e. The van der Waals surface area contributed by atoms with Gasteiger partial charge in [-0.25, -0.2) is 4.39 Å². The Morgan fingerprint density at radius 3 is 1.96 bits per heavy atom. The van der Waals surface area contributed by atoms with E-state index in [9.17, 15) is 13.2 Å². The van der Waals surface area contributed by atoms with Crippen LogP contribution in [0.2, 0.25) is 0 Å². The van der Waals surface area contributed by atoms with E-state index >= 15 is 0 Å². The fraction of sp³-hybridized carbons (Fsp3) is 0.250. The number of halogens is 3. The lowest BCUT2D eigenvalue weighted by Crippen LogP contribution is -2.01. The molecule has 146 valence electrons. The number of hydrogen-bond donors (Lipinski definition) is 0. The van der Waals surface area contributed by atoms with Gasteiger partial charge in [-0.15, -0.1) is 0 Å².